The van der Waals surface area contributed by atoms with Crippen LogP contribution >= 0.6 is 11.6 Å². The van der Waals surface area contributed by atoms with E-state index in [0.717, 1.165) is 12.8 Å². The van der Waals surface area contributed by atoms with Gasteiger partial charge in [0.05, 0.1) is 17.2 Å². The Bertz CT molecular complexity index is 194. The van der Waals surface area contributed by atoms with Crippen molar-refractivity contribution < 1.29 is 9.47 Å². The third-order valence-electron chi connectivity index (χ3n) is 1.64. The highest BCUT2D eigenvalue weighted by atomic mass is 35.5. The van der Waals surface area contributed by atoms with E-state index in [1.165, 1.54) is 0 Å². The lowest BCUT2D eigenvalue weighted by Gasteiger charge is -2.26. The summed E-state index contributed by atoms with van der Waals surface area (Å²) in [6.45, 7) is 6.69. The zero-order chi connectivity index (χ0) is 9.90. The van der Waals surface area contributed by atoms with Crippen molar-refractivity contribution in [2.45, 2.75) is 45.5 Å². The molecule has 1 aliphatic heterocycles. The minimum atomic E-state index is -0.371. The summed E-state index contributed by atoms with van der Waals surface area (Å²) in [6, 6.07) is 0. The summed E-state index contributed by atoms with van der Waals surface area (Å²) < 4.78 is 11.1. The monoisotopic (exact) mass is 204 g/mol. The van der Waals surface area contributed by atoms with Gasteiger partial charge in [-0.05, 0) is 33.6 Å². The molecule has 1 unspecified atom stereocenters. The van der Waals surface area contributed by atoms with Gasteiger partial charge in [-0.15, -0.1) is 0 Å². The van der Waals surface area contributed by atoms with E-state index >= 15 is 0 Å². The van der Waals surface area contributed by atoms with Crippen LogP contribution in [0.1, 0.15) is 33.6 Å². The van der Waals surface area contributed by atoms with E-state index in [0.29, 0.717) is 11.6 Å². The van der Waals surface area contributed by atoms with E-state index in [1.54, 1.807) is 0 Å². The van der Waals surface area contributed by atoms with E-state index in [4.69, 9.17) is 21.1 Å². The fraction of sp³-hybridized carbons (Fsp3) is 0.800. The first kappa shape index (κ1) is 11.0. The molecule has 1 aliphatic rings. The Kier molecular flexibility index (Phi) is 3.77. The molecular weight excluding hydrogens is 188 g/mol. The fourth-order valence-electron chi connectivity index (χ4n) is 1.10. The zero-order valence-electron chi connectivity index (χ0n) is 8.47. The Morgan fingerprint density at radius 3 is 2.85 bits per heavy atom. The highest BCUT2D eigenvalue weighted by Crippen LogP contribution is 2.23. The van der Waals surface area contributed by atoms with Gasteiger partial charge in [-0.2, -0.15) is 0 Å². The third-order valence-corrected chi connectivity index (χ3v) is 1.98. The van der Waals surface area contributed by atoms with Crippen molar-refractivity contribution in [2.24, 2.45) is 0 Å². The van der Waals surface area contributed by atoms with Gasteiger partial charge in [0.1, 0.15) is 0 Å². The number of hydrogen-bond acceptors (Lipinski definition) is 2. The number of allylic oxidation sites excluding steroid dienone is 1. The van der Waals surface area contributed by atoms with E-state index in [-0.39, 0.29) is 11.9 Å². The topological polar surface area (TPSA) is 18.5 Å². The van der Waals surface area contributed by atoms with Crippen LogP contribution in [0.3, 0.4) is 0 Å². The summed E-state index contributed by atoms with van der Waals surface area (Å²) in [5.74, 6) is 0. The molecule has 0 radical (unpaired) electrons. The fourth-order valence-corrected chi connectivity index (χ4v) is 1.32. The highest BCUT2D eigenvalue weighted by molar-refractivity contribution is 6.30. The third kappa shape index (κ3) is 4.12. The summed E-state index contributed by atoms with van der Waals surface area (Å²) in [5, 5.41) is 0.674. The number of ether oxygens (including phenoxy) is 2. The van der Waals surface area contributed by atoms with E-state index < -0.39 is 0 Å². The maximum absolute atomic E-state index is 6.00. The lowest BCUT2D eigenvalue weighted by atomic mass is 10.2. The molecule has 13 heavy (non-hydrogen) atoms. The Balaban J connectivity index is 2.56. The molecule has 0 fully saturated rings. The first-order valence-electron chi connectivity index (χ1n) is 4.64. The van der Waals surface area contributed by atoms with E-state index in [2.05, 4.69) is 0 Å². The van der Waals surface area contributed by atoms with Crippen molar-refractivity contribution in [2.75, 3.05) is 6.61 Å². The molecule has 0 saturated heterocycles. The van der Waals surface area contributed by atoms with Gasteiger partial charge in [-0.3, -0.25) is 0 Å². The van der Waals surface area contributed by atoms with Gasteiger partial charge in [-0.1, -0.05) is 17.7 Å². The van der Waals surface area contributed by atoms with E-state index in [9.17, 15) is 0 Å². The Labute approximate surface area is 84.9 Å². The molecule has 0 aromatic rings. The molecule has 0 aromatic carbocycles. The highest BCUT2D eigenvalue weighted by Gasteiger charge is 2.22. The maximum atomic E-state index is 6.00. The van der Waals surface area contributed by atoms with Crippen molar-refractivity contribution in [3.05, 3.63) is 11.1 Å². The van der Waals surface area contributed by atoms with Crippen LogP contribution < -0.4 is 0 Å². The normalized spacial score (nSPS) is 25.2. The van der Waals surface area contributed by atoms with Crippen LogP contribution in [-0.2, 0) is 9.47 Å². The number of rotatable bonds is 1. The van der Waals surface area contributed by atoms with Crippen molar-refractivity contribution in [3.63, 3.8) is 0 Å². The largest absolute Gasteiger partial charge is 0.348 e. The lowest BCUT2D eigenvalue weighted by Crippen LogP contribution is -2.29. The minimum absolute atomic E-state index is 0.219. The second-order valence-electron chi connectivity index (χ2n) is 4.16. The molecule has 1 heterocycles. The smallest absolute Gasteiger partial charge is 0.194 e. The summed E-state index contributed by atoms with van der Waals surface area (Å²) in [6.07, 6.45) is 3.60. The molecule has 0 amide bonds. The van der Waals surface area contributed by atoms with Crippen molar-refractivity contribution in [1.29, 1.82) is 0 Å². The Morgan fingerprint density at radius 2 is 2.23 bits per heavy atom. The average molecular weight is 205 g/mol. The molecular formula is C10H17ClO2. The molecule has 1 rings (SSSR count). The van der Waals surface area contributed by atoms with Gasteiger partial charge in [0.25, 0.3) is 0 Å². The van der Waals surface area contributed by atoms with Crippen molar-refractivity contribution in [3.8, 4) is 0 Å². The summed E-state index contributed by atoms with van der Waals surface area (Å²) >= 11 is 6.00. The molecule has 0 saturated carbocycles. The first-order valence-corrected chi connectivity index (χ1v) is 5.02. The molecule has 3 heteroatoms. The van der Waals surface area contributed by atoms with Crippen LogP contribution in [0.15, 0.2) is 11.1 Å². The van der Waals surface area contributed by atoms with Crippen LogP contribution in [0, 0.1) is 0 Å². The minimum Gasteiger partial charge on any atom is -0.348 e. The van der Waals surface area contributed by atoms with Crippen molar-refractivity contribution >= 4 is 11.6 Å². The van der Waals surface area contributed by atoms with Crippen LogP contribution in [0.25, 0.3) is 0 Å². The van der Waals surface area contributed by atoms with Crippen LogP contribution in [0.2, 0.25) is 0 Å². The van der Waals surface area contributed by atoms with Gasteiger partial charge in [-0.25, -0.2) is 0 Å². The summed E-state index contributed by atoms with van der Waals surface area (Å²) in [4.78, 5) is 0. The van der Waals surface area contributed by atoms with Gasteiger partial charge >= 0.3 is 0 Å². The standard InChI is InChI=1S/C10H17ClO2/c1-10(2,3)13-9-8(11)6-4-5-7-12-9/h6,9H,4-5,7H2,1-3H3. The van der Waals surface area contributed by atoms with Gasteiger partial charge in [0.2, 0.25) is 0 Å². The SMILES string of the molecule is CC(C)(C)OC1OCCCC=C1Cl. The average Bonchev–Trinajstić information content (AvgIpc) is 2.14. The van der Waals surface area contributed by atoms with Crippen LogP contribution in [0.4, 0.5) is 0 Å². The van der Waals surface area contributed by atoms with Crippen LogP contribution in [0.5, 0.6) is 0 Å². The van der Waals surface area contributed by atoms with Crippen LogP contribution in [-0.4, -0.2) is 18.5 Å². The van der Waals surface area contributed by atoms with Gasteiger partial charge < -0.3 is 9.47 Å². The Hall–Kier alpha value is -0.0500. The van der Waals surface area contributed by atoms with Crippen molar-refractivity contribution in [1.82, 2.24) is 0 Å². The second kappa shape index (κ2) is 4.45. The van der Waals surface area contributed by atoms with Gasteiger partial charge in [0.15, 0.2) is 6.29 Å². The quantitative estimate of drug-likeness (QED) is 0.654. The lowest BCUT2D eigenvalue weighted by molar-refractivity contribution is -0.169. The molecule has 1 atom stereocenters. The predicted molar refractivity (Wildman–Crippen MR) is 53.7 cm³/mol. The first-order chi connectivity index (χ1) is 5.99. The number of halogens is 1. The molecule has 2 nitrogen and oxygen atoms in total. The Morgan fingerprint density at radius 1 is 1.54 bits per heavy atom. The molecule has 0 aliphatic carbocycles. The van der Waals surface area contributed by atoms with E-state index in [1.807, 2.05) is 26.8 Å². The summed E-state index contributed by atoms with van der Waals surface area (Å²) in [5.41, 5.74) is -0.219. The van der Waals surface area contributed by atoms with Gasteiger partial charge in [0, 0.05) is 0 Å². The zero-order valence-corrected chi connectivity index (χ0v) is 9.23. The molecule has 76 valence electrons. The molecule has 0 spiro atoms. The summed E-state index contributed by atoms with van der Waals surface area (Å²) in [7, 11) is 0. The predicted octanol–water partition coefficient (Wildman–Crippen LogP) is 3.06. The second-order valence-corrected chi connectivity index (χ2v) is 4.60. The maximum Gasteiger partial charge on any atom is 0.194 e. The molecule has 0 N–H and O–H groups in total. The molecule has 0 aromatic heterocycles. The molecule has 0 bridgehead atoms. The number of hydrogen-bond donors (Lipinski definition) is 0.